The summed E-state index contributed by atoms with van der Waals surface area (Å²) in [6, 6.07) is 5.68. The van der Waals surface area contributed by atoms with E-state index >= 15 is 0 Å². The molecule has 5 heteroatoms. The minimum atomic E-state index is -0.126. The third kappa shape index (κ3) is 2.09. The third-order valence-electron chi connectivity index (χ3n) is 2.50. The van der Waals surface area contributed by atoms with Crippen molar-refractivity contribution in [1.82, 2.24) is 5.32 Å². The number of aryl methyl sites for hydroxylation is 1. The van der Waals surface area contributed by atoms with E-state index < -0.39 is 0 Å². The first-order valence-corrected chi connectivity index (χ1v) is 5.70. The maximum absolute atomic E-state index is 11.7. The van der Waals surface area contributed by atoms with E-state index in [-0.39, 0.29) is 24.9 Å². The fourth-order valence-electron chi connectivity index (χ4n) is 1.65. The summed E-state index contributed by atoms with van der Waals surface area (Å²) in [5.41, 5.74) is 1.76. The normalized spacial score (nSPS) is 16.2. The molecule has 1 heterocycles. The number of anilines is 1. The van der Waals surface area contributed by atoms with Crippen molar-refractivity contribution in [2.75, 3.05) is 18.0 Å². The van der Waals surface area contributed by atoms with E-state index in [1.54, 1.807) is 0 Å². The standard InChI is InChI=1S/C11H11BrN2O2/c1-7-2-3-8(12)4-9(7)14-6-10(15)13-5-11(14)16/h2-4H,5-6H2,1H3,(H,13,15). The second kappa shape index (κ2) is 4.25. The first-order valence-electron chi connectivity index (χ1n) is 4.91. The zero-order chi connectivity index (χ0) is 11.7. The Balaban J connectivity index is 2.38. The lowest BCUT2D eigenvalue weighted by molar-refractivity contribution is -0.128. The van der Waals surface area contributed by atoms with Crippen LogP contribution >= 0.6 is 15.9 Å². The zero-order valence-corrected chi connectivity index (χ0v) is 10.4. The van der Waals surface area contributed by atoms with Crippen LogP contribution in [-0.2, 0) is 9.59 Å². The third-order valence-corrected chi connectivity index (χ3v) is 2.99. The summed E-state index contributed by atoms with van der Waals surface area (Å²) in [4.78, 5) is 24.5. The topological polar surface area (TPSA) is 49.4 Å². The fourth-order valence-corrected chi connectivity index (χ4v) is 2.00. The Morgan fingerprint density at radius 2 is 2.12 bits per heavy atom. The highest BCUT2D eigenvalue weighted by Gasteiger charge is 2.25. The fraction of sp³-hybridized carbons (Fsp3) is 0.273. The van der Waals surface area contributed by atoms with Gasteiger partial charge in [-0.1, -0.05) is 22.0 Å². The first kappa shape index (κ1) is 11.1. The van der Waals surface area contributed by atoms with Gasteiger partial charge in [-0.3, -0.25) is 9.59 Å². The number of rotatable bonds is 1. The molecule has 16 heavy (non-hydrogen) atoms. The predicted molar refractivity (Wildman–Crippen MR) is 64.2 cm³/mol. The molecule has 1 saturated heterocycles. The van der Waals surface area contributed by atoms with Gasteiger partial charge in [0.15, 0.2) is 0 Å². The number of benzene rings is 1. The van der Waals surface area contributed by atoms with Crippen molar-refractivity contribution in [3.8, 4) is 0 Å². The van der Waals surface area contributed by atoms with Crippen molar-refractivity contribution in [2.24, 2.45) is 0 Å². The lowest BCUT2D eigenvalue weighted by atomic mass is 10.1. The molecule has 1 aliphatic rings. The van der Waals surface area contributed by atoms with Crippen LogP contribution in [0.1, 0.15) is 5.56 Å². The second-order valence-electron chi connectivity index (χ2n) is 3.69. The summed E-state index contributed by atoms with van der Waals surface area (Å²) in [6.07, 6.45) is 0. The van der Waals surface area contributed by atoms with Crippen LogP contribution in [0.2, 0.25) is 0 Å². The van der Waals surface area contributed by atoms with Crippen molar-refractivity contribution < 1.29 is 9.59 Å². The van der Waals surface area contributed by atoms with E-state index in [1.165, 1.54) is 4.90 Å². The van der Waals surface area contributed by atoms with Crippen molar-refractivity contribution in [3.63, 3.8) is 0 Å². The zero-order valence-electron chi connectivity index (χ0n) is 8.79. The van der Waals surface area contributed by atoms with Gasteiger partial charge in [-0.2, -0.15) is 0 Å². The van der Waals surface area contributed by atoms with Crippen LogP contribution in [0.4, 0.5) is 5.69 Å². The molecule has 0 bridgehead atoms. The van der Waals surface area contributed by atoms with Crippen LogP contribution in [0.15, 0.2) is 22.7 Å². The molecule has 0 radical (unpaired) electrons. The molecule has 2 rings (SSSR count). The lowest BCUT2D eigenvalue weighted by Crippen LogP contribution is -2.51. The molecule has 4 nitrogen and oxygen atoms in total. The Morgan fingerprint density at radius 1 is 1.38 bits per heavy atom. The maximum Gasteiger partial charge on any atom is 0.246 e. The van der Waals surface area contributed by atoms with Crippen LogP contribution in [0.5, 0.6) is 0 Å². The molecule has 2 amide bonds. The number of nitrogens with zero attached hydrogens (tertiary/aromatic N) is 1. The summed E-state index contributed by atoms with van der Waals surface area (Å²) in [6.45, 7) is 2.09. The Kier molecular flexibility index (Phi) is 2.96. The van der Waals surface area contributed by atoms with Gasteiger partial charge in [0.25, 0.3) is 0 Å². The Labute approximate surface area is 102 Å². The average Bonchev–Trinajstić information content (AvgIpc) is 2.25. The molecule has 1 fully saturated rings. The van der Waals surface area contributed by atoms with Crippen LogP contribution in [-0.4, -0.2) is 24.9 Å². The number of halogens is 1. The van der Waals surface area contributed by atoms with E-state index in [2.05, 4.69) is 21.2 Å². The molecule has 0 aromatic heterocycles. The maximum atomic E-state index is 11.7. The Hall–Kier alpha value is -1.36. The van der Waals surface area contributed by atoms with Gasteiger partial charge in [0, 0.05) is 10.2 Å². The Bertz CT molecular complexity index is 459. The van der Waals surface area contributed by atoms with E-state index in [0.717, 1.165) is 15.7 Å². The predicted octanol–water partition coefficient (Wildman–Crippen LogP) is 1.22. The molecule has 0 atom stereocenters. The van der Waals surface area contributed by atoms with Gasteiger partial charge in [-0.05, 0) is 24.6 Å². The highest BCUT2D eigenvalue weighted by molar-refractivity contribution is 9.10. The molecule has 0 unspecified atom stereocenters. The molecule has 1 aromatic rings. The number of hydrogen-bond acceptors (Lipinski definition) is 2. The van der Waals surface area contributed by atoms with Gasteiger partial charge < -0.3 is 10.2 Å². The number of nitrogens with one attached hydrogen (secondary N) is 1. The van der Waals surface area contributed by atoms with E-state index in [9.17, 15) is 9.59 Å². The quantitative estimate of drug-likeness (QED) is 0.842. The van der Waals surface area contributed by atoms with Gasteiger partial charge in [-0.15, -0.1) is 0 Å². The number of carbonyl (C=O) groups is 2. The largest absolute Gasteiger partial charge is 0.345 e. The molecule has 84 valence electrons. The van der Waals surface area contributed by atoms with E-state index in [1.807, 2.05) is 25.1 Å². The van der Waals surface area contributed by atoms with Crippen LogP contribution in [0.25, 0.3) is 0 Å². The summed E-state index contributed by atoms with van der Waals surface area (Å²) in [5, 5.41) is 2.52. The molecular formula is C11H11BrN2O2. The second-order valence-corrected chi connectivity index (χ2v) is 4.60. The molecular weight excluding hydrogens is 272 g/mol. The average molecular weight is 283 g/mol. The summed E-state index contributed by atoms with van der Waals surface area (Å²) in [7, 11) is 0. The highest BCUT2D eigenvalue weighted by Crippen LogP contribution is 2.25. The number of carbonyl (C=O) groups excluding carboxylic acids is 2. The van der Waals surface area contributed by atoms with Gasteiger partial charge in [0.2, 0.25) is 11.8 Å². The molecule has 1 N–H and O–H groups in total. The first-order chi connectivity index (χ1) is 7.58. The van der Waals surface area contributed by atoms with Crippen LogP contribution < -0.4 is 10.2 Å². The molecule has 0 aliphatic carbocycles. The van der Waals surface area contributed by atoms with Gasteiger partial charge in [-0.25, -0.2) is 0 Å². The van der Waals surface area contributed by atoms with Gasteiger partial charge in [0.1, 0.15) is 6.54 Å². The Morgan fingerprint density at radius 3 is 2.88 bits per heavy atom. The van der Waals surface area contributed by atoms with Crippen molar-refractivity contribution >= 4 is 33.4 Å². The number of hydrogen-bond donors (Lipinski definition) is 1. The van der Waals surface area contributed by atoms with E-state index in [0.29, 0.717) is 0 Å². The molecule has 0 saturated carbocycles. The highest BCUT2D eigenvalue weighted by atomic mass is 79.9. The van der Waals surface area contributed by atoms with Crippen molar-refractivity contribution in [3.05, 3.63) is 28.2 Å². The molecule has 1 aromatic carbocycles. The molecule has 0 spiro atoms. The SMILES string of the molecule is Cc1ccc(Br)cc1N1CC(=O)NCC1=O. The van der Waals surface area contributed by atoms with Crippen molar-refractivity contribution in [1.29, 1.82) is 0 Å². The number of piperazine rings is 1. The summed E-state index contributed by atoms with van der Waals surface area (Å²) >= 11 is 3.36. The van der Waals surface area contributed by atoms with Crippen LogP contribution in [0, 0.1) is 6.92 Å². The lowest BCUT2D eigenvalue weighted by Gasteiger charge is -2.28. The minimum absolute atomic E-state index is 0.0742. The van der Waals surface area contributed by atoms with Crippen LogP contribution in [0.3, 0.4) is 0 Å². The smallest absolute Gasteiger partial charge is 0.246 e. The summed E-state index contributed by atoms with van der Waals surface area (Å²) < 4.78 is 0.895. The minimum Gasteiger partial charge on any atom is -0.345 e. The molecule has 1 aliphatic heterocycles. The summed E-state index contributed by atoms with van der Waals surface area (Å²) in [5.74, 6) is -0.209. The van der Waals surface area contributed by atoms with Crippen molar-refractivity contribution in [2.45, 2.75) is 6.92 Å². The number of amides is 2. The van der Waals surface area contributed by atoms with E-state index in [4.69, 9.17) is 0 Å². The van der Waals surface area contributed by atoms with Gasteiger partial charge in [0.05, 0.1) is 6.54 Å². The monoisotopic (exact) mass is 282 g/mol. The van der Waals surface area contributed by atoms with Gasteiger partial charge >= 0.3 is 0 Å².